The Labute approximate surface area is 79.9 Å². The molecular formula is C11H17O2+. The molecule has 1 heterocycles. The van der Waals surface area contributed by atoms with Gasteiger partial charge in [0.2, 0.25) is 0 Å². The van der Waals surface area contributed by atoms with E-state index in [1.165, 1.54) is 12.8 Å². The van der Waals surface area contributed by atoms with Crippen molar-refractivity contribution in [2.75, 3.05) is 13.2 Å². The van der Waals surface area contributed by atoms with E-state index in [9.17, 15) is 0 Å². The topological polar surface area (TPSA) is 18.5 Å². The minimum Gasteiger partial charge on any atom is -0.460 e. The van der Waals surface area contributed by atoms with Gasteiger partial charge < -0.3 is 9.47 Å². The highest BCUT2D eigenvalue weighted by atomic mass is 16.5. The van der Waals surface area contributed by atoms with Crippen LogP contribution < -0.4 is 0 Å². The highest BCUT2D eigenvalue weighted by molar-refractivity contribution is 5.25. The predicted octanol–water partition coefficient (Wildman–Crippen LogP) is 2.52. The second-order valence-corrected chi connectivity index (χ2v) is 3.78. The standard InChI is InChI=1S/C11H17O2/c1-3-12-10-7-8(2)9-5-4-6-13-11(9)10/h7-9H,3-6H2,1-2H3/q+1. The molecule has 2 rings (SSSR count). The number of fused-ring (bicyclic) bond motifs is 1. The van der Waals surface area contributed by atoms with Crippen LogP contribution in [-0.4, -0.2) is 13.2 Å². The second kappa shape index (κ2) is 3.52. The van der Waals surface area contributed by atoms with E-state index in [4.69, 9.17) is 9.47 Å². The first kappa shape index (κ1) is 8.79. The van der Waals surface area contributed by atoms with Crippen LogP contribution >= 0.6 is 0 Å². The molecular weight excluding hydrogens is 164 g/mol. The van der Waals surface area contributed by atoms with E-state index < -0.39 is 0 Å². The molecule has 0 aromatic heterocycles. The van der Waals surface area contributed by atoms with Gasteiger partial charge in [0.25, 0.3) is 5.76 Å². The van der Waals surface area contributed by atoms with E-state index in [-0.39, 0.29) is 0 Å². The highest BCUT2D eigenvalue weighted by Gasteiger charge is 2.46. The maximum absolute atomic E-state index is 5.66. The number of allylic oxidation sites excluding steroid dienone is 2. The molecule has 72 valence electrons. The molecule has 0 aromatic carbocycles. The first-order valence-corrected chi connectivity index (χ1v) is 5.17. The van der Waals surface area contributed by atoms with Crippen molar-refractivity contribution in [1.29, 1.82) is 0 Å². The van der Waals surface area contributed by atoms with Crippen LogP contribution in [0.25, 0.3) is 0 Å². The Morgan fingerprint density at radius 1 is 1.62 bits per heavy atom. The van der Waals surface area contributed by atoms with Gasteiger partial charge in [-0.25, -0.2) is 0 Å². The van der Waals surface area contributed by atoms with Crippen molar-refractivity contribution in [3.63, 3.8) is 0 Å². The third-order valence-corrected chi connectivity index (χ3v) is 2.85. The molecule has 0 N–H and O–H groups in total. The van der Waals surface area contributed by atoms with Crippen molar-refractivity contribution >= 4 is 0 Å². The van der Waals surface area contributed by atoms with Crippen LogP contribution in [0.4, 0.5) is 0 Å². The van der Waals surface area contributed by atoms with Gasteiger partial charge in [-0.2, -0.15) is 0 Å². The summed E-state index contributed by atoms with van der Waals surface area (Å²) in [6.07, 6.45) is 4.64. The third kappa shape index (κ3) is 1.50. The van der Waals surface area contributed by atoms with Gasteiger partial charge in [0.05, 0.1) is 18.9 Å². The lowest BCUT2D eigenvalue weighted by Crippen LogP contribution is -2.17. The van der Waals surface area contributed by atoms with Gasteiger partial charge in [-0.1, -0.05) is 0 Å². The van der Waals surface area contributed by atoms with Crippen molar-refractivity contribution in [2.24, 2.45) is 11.8 Å². The summed E-state index contributed by atoms with van der Waals surface area (Å²) in [5.74, 6) is 3.30. The average molecular weight is 181 g/mol. The summed E-state index contributed by atoms with van der Waals surface area (Å²) in [7, 11) is 0. The highest BCUT2D eigenvalue weighted by Crippen LogP contribution is 2.42. The molecule has 1 aliphatic carbocycles. The van der Waals surface area contributed by atoms with Gasteiger partial charge in [0.15, 0.2) is 0 Å². The summed E-state index contributed by atoms with van der Waals surface area (Å²) in [6.45, 7) is 5.86. The van der Waals surface area contributed by atoms with Crippen LogP contribution in [0, 0.1) is 18.3 Å². The minimum atomic E-state index is 0.593. The van der Waals surface area contributed by atoms with Crippen molar-refractivity contribution in [3.05, 3.63) is 17.9 Å². The SMILES string of the molecule is CCOC1=C2OCCCC2C(C)[CH+]1. The van der Waals surface area contributed by atoms with Gasteiger partial charge in [-0.3, -0.25) is 0 Å². The largest absolute Gasteiger partial charge is 0.460 e. The Hall–Kier alpha value is -0.790. The Balaban J connectivity index is 2.14. The molecule has 1 aliphatic heterocycles. The second-order valence-electron chi connectivity index (χ2n) is 3.78. The Kier molecular flexibility index (Phi) is 2.38. The summed E-state index contributed by atoms with van der Waals surface area (Å²) >= 11 is 0. The normalized spacial score (nSPS) is 32.2. The molecule has 2 atom stereocenters. The van der Waals surface area contributed by atoms with Gasteiger partial charge in [-0.15, -0.1) is 0 Å². The smallest absolute Gasteiger partial charge is 0.321 e. The lowest BCUT2D eigenvalue weighted by Gasteiger charge is -2.16. The zero-order valence-electron chi connectivity index (χ0n) is 8.38. The van der Waals surface area contributed by atoms with E-state index >= 15 is 0 Å². The molecule has 0 aromatic rings. The number of hydrogen-bond donors (Lipinski definition) is 0. The van der Waals surface area contributed by atoms with Crippen LogP contribution in [0.5, 0.6) is 0 Å². The third-order valence-electron chi connectivity index (χ3n) is 2.85. The molecule has 0 spiro atoms. The van der Waals surface area contributed by atoms with Gasteiger partial charge in [-0.05, 0) is 26.7 Å². The van der Waals surface area contributed by atoms with Gasteiger partial charge in [0.1, 0.15) is 12.5 Å². The zero-order chi connectivity index (χ0) is 9.26. The predicted molar refractivity (Wildman–Crippen MR) is 50.8 cm³/mol. The summed E-state index contributed by atoms with van der Waals surface area (Å²) < 4.78 is 11.2. The van der Waals surface area contributed by atoms with E-state index in [1.54, 1.807) is 0 Å². The Morgan fingerprint density at radius 3 is 3.23 bits per heavy atom. The van der Waals surface area contributed by atoms with Gasteiger partial charge in [0, 0.05) is 0 Å². The number of rotatable bonds is 2. The van der Waals surface area contributed by atoms with Crippen LogP contribution in [0.15, 0.2) is 11.5 Å². The van der Waals surface area contributed by atoms with Crippen molar-refractivity contribution < 1.29 is 9.47 Å². The fourth-order valence-electron chi connectivity index (χ4n) is 2.19. The lowest BCUT2D eigenvalue weighted by molar-refractivity contribution is 0.106. The van der Waals surface area contributed by atoms with Crippen molar-refractivity contribution in [1.82, 2.24) is 0 Å². The quantitative estimate of drug-likeness (QED) is 0.609. The summed E-state index contributed by atoms with van der Waals surface area (Å²) in [5, 5.41) is 0. The van der Waals surface area contributed by atoms with E-state index in [2.05, 4.69) is 13.3 Å². The molecule has 2 heteroatoms. The molecule has 0 bridgehead atoms. The van der Waals surface area contributed by atoms with Crippen LogP contribution in [0.2, 0.25) is 0 Å². The molecule has 1 fully saturated rings. The van der Waals surface area contributed by atoms with E-state index in [1.807, 2.05) is 6.92 Å². The molecule has 0 amide bonds. The Morgan fingerprint density at radius 2 is 2.46 bits per heavy atom. The van der Waals surface area contributed by atoms with Crippen LogP contribution in [0.3, 0.4) is 0 Å². The van der Waals surface area contributed by atoms with E-state index in [0.717, 1.165) is 24.7 Å². The molecule has 0 radical (unpaired) electrons. The molecule has 2 unspecified atom stereocenters. The van der Waals surface area contributed by atoms with Crippen molar-refractivity contribution in [3.8, 4) is 0 Å². The van der Waals surface area contributed by atoms with E-state index in [0.29, 0.717) is 11.8 Å². The van der Waals surface area contributed by atoms with Gasteiger partial charge >= 0.3 is 5.76 Å². The summed E-state index contributed by atoms with van der Waals surface area (Å²) in [5.41, 5.74) is 0. The monoisotopic (exact) mass is 181 g/mol. The number of ether oxygens (including phenoxy) is 2. The molecule has 2 nitrogen and oxygen atoms in total. The molecule has 13 heavy (non-hydrogen) atoms. The molecule has 1 saturated heterocycles. The minimum absolute atomic E-state index is 0.593. The maximum atomic E-state index is 5.66. The number of hydrogen-bond acceptors (Lipinski definition) is 2. The summed E-state index contributed by atoms with van der Waals surface area (Å²) in [4.78, 5) is 0. The van der Waals surface area contributed by atoms with Crippen molar-refractivity contribution in [2.45, 2.75) is 26.7 Å². The molecule has 0 saturated carbocycles. The average Bonchev–Trinajstić information content (AvgIpc) is 2.46. The summed E-state index contributed by atoms with van der Waals surface area (Å²) in [6, 6.07) is 0. The fourth-order valence-corrected chi connectivity index (χ4v) is 2.19. The first-order chi connectivity index (χ1) is 6.33. The maximum Gasteiger partial charge on any atom is 0.321 e. The van der Waals surface area contributed by atoms with Crippen LogP contribution in [-0.2, 0) is 9.47 Å². The first-order valence-electron chi connectivity index (χ1n) is 5.17. The zero-order valence-corrected chi connectivity index (χ0v) is 8.38. The lowest BCUT2D eigenvalue weighted by atomic mass is 9.91. The fraction of sp³-hybridized carbons (Fsp3) is 0.727. The Bertz CT molecular complexity index is 220. The molecule has 2 aliphatic rings. The van der Waals surface area contributed by atoms with Crippen LogP contribution in [0.1, 0.15) is 26.7 Å².